The first kappa shape index (κ1) is 16.0. The number of amides is 1. The first-order chi connectivity index (χ1) is 11.7. The summed E-state index contributed by atoms with van der Waals surface area (Å²) in [4.78, 5) is 11.4. The molecule has 0 fully saturated rings. The molecule has 0 saturated heterocycles. The van der Waals surface area contributed by atoms with Crippen LogP contribution >= 0.6 is 0 Å². The second-order valence-electron chi connectivity index (χ2n) is 6.07. The van der Waals surface area contributed by atoms with Gasteiger partial charge < -0.3 is 5.73 Å². The van der Waals surface area contributed by atoms with Gasteiger partial charge in [0.1, 0.15) is 0 Å². The van der Waals surface area contributed by atoms with E-state index in [0.717, 1.165) is 11.1 Å². The molecule has 0 aliphatic heterocycles. The Bertz CT molecular complexity index is 825. The second kappa shape index (κ2) is 7.14. The van der Waals surface area contributed by atoms with Crippen LogP contribution in [-0.4, -0.2) is 5.91 Å². The Hall–Kier alpha value is -2.87. The zero-order chi connectivity index (χ0) is 16.9. The van der Waals surface area contributed by atoms with Crippen molar-refractivity contribution >= 4 is 5.91 Å². The summed E-state index contributed by atoms with van der Waals surface area (Å²) >= 11 is 0. The number of primary amides is 1. The Morgan fingerprint density at radius 1 is 0.833 bits per heavy atom. The minimum Gasteiger partial charge on any atom is -0.370 e. The predicted molar refractivity (Wildman–Crippen MR) is 99.5 cm³/mol. The number of rotatable bonds is 5. The Morgan fingerprint density at radius 3 is 2.00 bits per heavy atom. The average molecular weight is 315 g/mol. The Balaban J connectivity index is 2.22. The van der Waals surface area contributed by atoms with Crippen molar-refractivity contribution in [1.82, 2.24) is 0 Å². The van der Waals surface area contributed by atoms with Crippen LogP contribution in [0.2, 0.25) is 0 Å². The van der Waals surface area contributed by atoms with Crippen LogP contribution in [0.4, 0.5) is 0 Å². The third-order valence-electron chi connectivity index (χ3n) is 4.28. The highest BCUT2D eigenvalue weighted by Crippen LogP contribution is 2.38. The van der Waals surface area contributed by atoms with E-state index < -0.39 is 0 Å². The molecule has 0 heterocycles. The molecule has 0 aromatic heterocycles. The van der Waals surface area contributed by atoms with Crippen LogP contribution in [0.5, 0.6) is 0 Å². The quantitative estimate of drug-likeness (QED) is 0.707. The van der Waals surface area contributed by atoms with E-state index in [1.54, 1.807) is 0 Å². The molecule has 3 aromatic carbocycles. The third kappa shape index (κ3) is 3.38. The van der Waals surface area contributed by atoms with Crippen molar-refractivity contribution in [3.63, 3.8) is 0 Å². The predicted octanol–water partition coefficient (Wildman–Crippen LogP) is 5.00. The monoisotopic (exact) mass is 315 g/mol. The van der Waals surface area contributed by atoms with Crippen LogP contribution in [0.15, 0.2) is 78.9 Å². The van der Waals surface area contributed by atoms with Crippen molar-refractivity contribution in [1.29, 1.82) is 0 Å². The standard InChI is InChI=1S/C22H21NO/c1-16(15-21(23)24)19-13-8-14-20(17-9-4-2-5-10-17)22(19)18-11-6-3-7-12-18/h2-14,16H,15H2,1H3,(H2,23,24). The van der Waals surface area contributed by atoms with Crippen LogP contribution in [0.3, 0.4) is 0 Å². The molecule has 0 saturated carbocycles. The van der Waals surface area contributed by atoms with Crippen molar-refractivity contribution in [3.05, 3.63) is 84.4 Å². The van der Waals surface area contributed by atoms with Crippen molar-refractivity contribution in [2.75, 3.05) is 0 Å². The van der Waals surface area contributed by atoms with Gasteiger partial charge in [-0.25, -0.2) is 0 Å². The molecule has 1 atom stereocenters. The maximum atomic E-state index is 11.4. The van der Waals surface area contributed by atoms with Gasteiger partial charge in [0, 0.05) is 6.42 Å². The lowest BCUT2D eigenvalue weighted by molar-refractivity contribution is -0.118. The fourth-order valence-electron chi connectivity index (χ4n) is 3.18. The van der Waals surface area contributed by atoms with Crippen molar-refractivity contribution in [3.8, 4) is 22.3 Å². The van der Waals surface area contributed by atoms with E-state index in [4.69, 9.17) is 5.73 Å². The Labute approximate surface area is 143 Å². The molecular formula is C22H21NO. The largest absolute Gasteiger partial charge is 0.370 e. The minimum absolute atomic E-state index is 0.0707. The number of carbonyl (C=O) groups is 1. The van der Waals surface area contributed by atoms with Gasteiger partial charge in [-0.05, 0) is 33.7 Å². The maximum Gasteiger partial charge on any atom is 0.218 e. The van der Waals surface area contributed by atoms with Gasteiger partial charge in [-0.2, -0.15) is 0 Å². The lowest BCUT2D eigenvalue weighted by Gasteiger charge is -2.19. The SMILES string of the molecule is CC(CC(N)=O)c1cccc(-c2ccccc2)c1-c1ccccc1. The summed E-state index contributed by atoms with van der Waals surface area (Å²) in [6.45, 7) is 2.06. The van der Waals surface area contributed by atoms with E-state index in [1.807, 2.05) is 36.4 Å². The molecule has 2 N–H and O–H groups in total. The molecule has 0 aliphatic carbocycles. The van der Waals surface area contributed by atoms with Crippen molar-refractivity contribution in [2.24, 2.45) is 5.73 Å². The van der Waals surface area contributed by atoms with Crippen LogP contribution < -0.4 is 5.73 Å². The summed E-state index contributed by atoms with van der Waals surface area (Å²) in [5.74, 6) is -0.201. The maximum absolute atomic E-state index is 11.4. The molecule has 0 radical (unpaired) electrons. The fourth-order valence-corrected chi connectivity index (χ4v) is 3.18. The topological polar surface area (TPSA) is 43.1 Å². The zero-order valence-corrected chi connectivity index (χ0v) is 13.8. The number of carbonyl (C=O) groups excluding carboxylic acids is 1. The van der Waals surface area contributed by atoms with Crippen molar-refractivity contribution in [2.45, 2.75) is 19.3 Å². The molecule has 2 heteroatoms. The Kier molecular flexibility index (Phi) is 4.76. The molecular weight excluding hydrogens is 294 g/mol. The first-order valence-electron chi connectivity index (χ1n) is 8.19. The number of hydrogen-bond acceptors (Lipinski definition) is 1. The molecule has 24 heavy (non-hydrogen) atoms. The fraction of sp³-hybridized carbons (Fsp3) is 0.136. The van der Waals surface area contributed by atoms with Crippen LogP contribution in [0.1, 0.15) is 24.8 Å². The van der Waals surface area contributed by atoms with E-state index in [2.05, 4.69) is 49.4 Å². The summed E-state index contributed by atoms with van der Waals surface area (Å²) in [5.41, 5.74) is 11.3. The van der Waals surface area contributed by atoms with Gasteiger partial charge >= 0.3 is 0 Å². The second-order valence-corrected chi connectivity index (χ2v) is 6.07. The van der Waals surface area contributed by atoms with E-state index in [1.165, 1.54) is 16.7 Å². The van der Waals surface area contributed by atoms with Gasteiger partial charge in [0.15, 0.2) is 0 Å². The highest BCUT2D eigenvalue weighted by atomic mass is 16.1. The van der Waals surface area contributed by atoms with Crippen LogP contribution in [-0.2, 0) is 4.79 Å². The third-order valence-corrected chi connectivity index (χ3v) is 4.28. The summed E-state index contributed by atoms with van der Waals surface area (Å²) in [7, 11) is 0. The van der Waals surface area contributed by atoms with E-state index in [-0.39, 0.29) is 11.8 Å². The summed E-state index contributed by atoms with van der Waals surface area (Å²) in [5, 5.41) is 0. The molecule has 0 spiro atoms. The molecule has 0 bridgehead atoms. The molecule has 3 rings (SSSR count). The van der Waals surface area contributed by atoms with Crippen LogP contribution in [0.25, 0.3) is 22.3 Å². The van der Waals surface area contributed by atoms with Crippen molar-refractivity contribution < 1.29 is 4.79 Å². The lowest BCUT2D eigenvalue weighted by Crippen LogP contribution is -2.14. The van der Waals surface area contributed by atoms with Crippen LogP contribution in [0, 0.1) is 0 Å². The lowest BCUT2D eigenvalue weighted by atomic mass is 9.84. The number of nitrogens with two attached hydrogens (primary N) is 1. The normalized spacial score (nSPS) is 11.9. The van der Waals surface area contributed by atoms with Gasteiger partial charge in [-0.15, -0.1) is 0 Å². The summed E-state index contributed by atoms with van der Waals surface area (Å²) in [6, 6.07) is 27.0. The highest BCUT2D eigenvalue weighted by Gasteiger charge is 2.17. The molecule has 0 aliphatic rings. The van der Waals surface area contributed by atoms with Gasteiger partial charge in [0.2, 0.25) is 5.91 Å². The average Bonchev–Trinajstić information content (AvgIpc) is 2.62. The smallest absolute Gasteiger partial charge is 0.218 e. The highest BCUT2D eigenvalue weighted by molar-refractivity contribution is 5.86. The molecule has 1 amide bonds. The van der Waals surface area contributed by atoms with Gasteiger partial charge in [0.05, 0.1) is 0 Å². The molecule has 1 unspecified atom stereocenters. The van der Waals surface area contributed by atoms with E-state index >= 15 is 0 Å². The van der Waals surface area contributed by atoms with Gasteiger partial charge in [0.25, 0.3) is 0 Å². The molecule has 3 aromatic rings. The Morgan fingerprint density at radius 2 is 1.42 bits per heavy atom. The van der Waals surface area contributed by atoms with Gasteiger partial charge in [-0.3, -0.25) is 4.79 Å². The summed E-state index contributed by atoms with van der Waals surface area (Å²) in [6.07, 6.45) is 0.345. The minimum atomic E-state index is -0.272. The van der Waals surface area contributed by atoms with Gasteiger partial charge in [-0.1, -0.05) is 85.8 Å². The van der Waals surface area contributed by atoms with E-state index in [9.17, 15) is 4.79 Å². The first-order valence-corrected chi connectivity index (χ1v) is 8.19. The zero-order valence-electron chi connectivity index (χ0n) is 13.8. The number of hydrogen-bond donors (Lipinski definition) is 1. The summed E-state index contributed by atoms with van der Waals surface area (Å²) < 4.78 is 0. The molecule has 120 valence electrons. The molecule has 2 nitrogen and oxygen atoms in total. The van der Waals surface area contributed by atoms with E-state index in [0.29, 0.717) is 6.42 Å². The number of benzene rings is 3.